The van der Waals surface area contributed by atoms with E-state index >= 15 is 0 Å². The normalized spacial score (nSPS) is 26.0. The lowest BCUT2D eigenvalue weighted by Gasteiger charge is -2.46. The van der Waals surface area contributed by atoms with Gasteiger partial charge >= 0.3 is 13.2 Å². The molecule has 1 aromatic rings. The van der Waals surface area contributed by atoms with Crippen LogP contribution in [0.15, 0.2) is 24.3 Å². The third-order valence-electron chi connectivity index (χ3n) is 7.92. The number of benzene rings is 1. The molecule has 1 unspecified atom stereocenters. The van der Waals surface area contributed by atoms with Crippen molar-refractivity contribution in [2.75, 3.05) is 6.54 Å². The summed E-state index contributed by atoms with van der Waals surface area (Å²) in [4.78, 5) is 14.9. The summed E-state index contributed by atoms with van der Waals surface area (Å²) in [5.74, 6) is 0.181. The standard InChI is InChI=1S/C26H42BNO5/c1-18(2)26(15-14-23(4,5)30)16-17-28(22(29)31-26)19(3)20-10-12-21(13-11-20)27-32-24(6,7)25(8,9)33-27/h10-13,18-19,30H,14-17H2,1-9H3/t19-,26?/m0/s1. The Morgan fingerprint density at radius 2 is 1.61 bits per heavy atom. The van der Waals surface area contributed by atoms with Gasteiger partial charge in [-0.3, -0.25) is 0 Å². The quantitative estimate of drug-likeness (QED) is 0.592. The summed E-state index contributed by atoms with van der Waals surface area (Å²) < 4.78 is 18.4. The molecular weight excluding hydrogens is 417 g/mol. The molecule has 0 bridgehead atoms. The highest BCUT2D eigenvalue weighted by Crippen LogP contribution is 2.39. The summed E-state index contributed by atoms with van der Waals surface area (Å²) in [6, 6.07) is 8.01. The van der Waals surface area contributed by atoms with E-state index < -0.39 is 18.3 Å². The first kappa shape index (κ1) is 26.0. The zero-order chi connectivity index (χ0) is 24.8. The van der Waals surface area contributed by atoms with Gasteiger partial charge in [0.1, 0.15) is 5.60 Å². The van der Waals surface area contributed by atoms with Gasteiger partial charge in [-0.2, -0.15) is 0 Å². The number of cyclic esters (lactones) is 1. The number of aliphatic hydroxyl groups is 1. The van der Waals surface area contributed by atoms with Crippen molar-refractivity contribution >= 4 is 18.7 Å². The SMILES string of the molecule is CC(C)C1(CCC(C)(C)O)CCN([C@@H](C)c2ccc(B3OC(C)(C)C(C)(C)O3)cc2)C(=O)O1. The molecule has 0 spiro atoms. The summed E-state index contributed by atoms with van der Waals surface area (Å²) in [5.41, 5.74) is -0.0620. The molecule has 184 valence electrons. The largest absolute Gasteiger partial charge is 0.494 e. The first-order valence-corrected chi connectivity index (χ1v) is 12.2. The summed E-state index contributed by atoms with van der Waals surface area (Å²) in [6.07, 6.45) is 1.72. The van der Waals surface area contributed by atoms with Gasteiger partial charge in [-0.15, -0.1) is 0 Å². The van der Waals surface area contributed by atoms with Crippen molar-refractivity contribution < 1.29 is 23.9 Å². The lowest BCUT2D eigenvalue weighted by atomic mass is 9.78. The molecule has 7 heteroatoms. The predicted molar refractivity (Wildman–Crippen MR) is 131 cm³/mol. The number of rotatable bonds is 7. The van der Waals surface area contributed by atoms with E-state index in [-0.39, 0.29) is 29.3 Å². The van der Waals surface area contributed by atoms with Gasteiger partial charge < -0.3 is 24.1 Å². The maximum atomic E-state index is 13.1. The lowest BCUT2D eigenvalue weighted by Crippen LogP contribution is -2.53. The summed E-state index contributed by atoms with van der Waals surface area (Å²) >= 11 is 0. The van der Waals surface area contributed by atoms with Crippen LogP contribution in [0, 0.1) is 5.92 Å². The minimum atomic E-state index is -0.780. The van der Waals surface area contributed by atoms with Gasteiger partial charge in [0.05, 0.1) is 22.8 Å². The van der Waals surface area contributed by atoms with Crippen molar-refractivity contribution in [2.45, 2.75) is 110 Å². The second-order valence-corrected chi connectivity index (χ2v) is 11.8. The van der Waals surface area contributed by atoms with Crippen molar-refractivity contribution in [1.29, 1.82) is 0 Å². The van der Waals surface area contributed by atoms with Gasteiger partial charge in [0.15, 0.2) is 0 Å². The van der Waals surface area contributed by atoms with Crippen LogP contribution in [0.4, 0.5) is 4.79 Å². The Labute approximate surface area is 200 Å². The van der Waals surface area contributed by atoms with Crippen molar-refractivity contribution in [3.8, 4) is 0 Å². The van der Waals surface area contributed by atoms with E-state index in [2.05, 4.69) is 13.8 Å². The van der Waals surface area contributed by atoms with E-state index in [1.165, 1.54) is 0 Å². The van der Waals surface area contributed by atoms with E-state index in [0.717, 1.165) is 17.4 Å². The van der Waals surface area contributed by atoms with Gasteiger partial charge in [0.25, 0.3) is 0 Å². The smallest absolute Gasteiger partial charge is 0.442 e. The summed E-state index contributed by atoms with van der Waals surface area (Å²) in [5, 5.41) is 10.2. The van der Waals surface area contributed by atoms with Crippen LogP contribution in [-0.2, 0) is 14.0 Å². The minimum Gasteiger partial charge on any atom is -0.442 e. The molecule has 2 atom stereocenters. The summed E-state index contributed by atoms with van der Waals surface area (Å²) in [7, 11) is -0.401. The van der Waals surface area contributed by atoms with Crippen LogP contribution in [0.1, 0.15) is 93.2 Å². The van der Waals surface area contributed by atoms with Crippen molar-refractivity contribution in [3.05, 3.63) is 29.8 Å². The molecule has 0 saturated carbocycles. The molecule has 2 heterocycles. The van der Waals surface area contributed by atoms with Gasteiger partial charge in [0.2, 0.25) is 0 Å². The molecule has 2 aliphatic rings. The monoisotopic (exact) mass is 459 g/mol. The van der Waals surface area contributed by atoms with E-state index in [4.69, 9.17) is 14.0 Å². The number of amides is 1. The molecule has 1 amide bonds. The van der Waals surface area contributed by atoms with Crippen molar-refractivity contribution in [2.24, 2.45) is 5.92 Å². The zero-order valence-electron chi connectivity index (χ0n) is 21.9. The van der Waals surface area contributed by atoms with Crippen LogP contribution in [0.2, 0.25) is 0 Å². The van der Waals surface area contributed by atoms with E-state index in [1.54, 1.807) is 18.7 Å². The number of hydrogen-bond donors (Lipinski definition) is 1. The molecule has 6 nitrogen and oxygen atoms in total. The maximum absolute atomic E-state index is 13.1. The number of carbonyl (C=O) groups excluding carboxylic acids is 1. The van der Waals surface area contributed by atoms with Crippen LogP contribution < -0.4 is 5.46 Å². The highest BCUT2D eigenvalue weighted by atomic mass is 16.7. The number of ether oxygens (including phenoxy) is 1. The predicted octanol–water partition coefficient (Wildman–Crippen LogP) is 4.84. The molecule has 2 saturated heterocycles. The third kappa shape index (κ3) is 5.41. The van der Waals surface area contributed by atoms with Gasteiger partial charge in [-0.1, -0.05) is 38.1 Å². The summed E-state index contributed by atoms with van der Waals surface area (Å²) in [6.45, 7) is 18.6. The Morgan fingerprint density at radius 3 is 2.06 bits per heavy atom. The number of nitrogens with zero attached hydrogens (tertiary/aromatic N) is 1. The first-order valence-electron chi connectivity index (χ1n) is 12.2. The minimum absolute atomic E-state index is 0.107. The Hall–Kier alpha value is -1.57. The maximum Gasteiger partial charge on any atom is 0.494 e. The fraction of sp³-hybridized carbons (Fsp3) is 0.731. The molecule has 2 fully saturated rings. The van der Waals surface area contributed by atoms with Crippen LogP contribution in [0.5, 0.6) is 0 Å². The second kappa shape index (κ2) is 8.90. The van der Waals surface area contributed by atoms with E-state index in [0.29, 0.717) is 19.4 Å². The van der Waals surface area contributed by atoms with Crippen LogP contribution in [-0.4, -0.2) is 52.2 Å². The van der Waals surface area contributed by atoms with Crippen molar-refractivity contribution in [1.82, 2.24) is 4.90 Å². The average molecular weight is 459 g/mol. The highest BCUT2D eigenvalue weighted by molar-refractivity contribution is 6.62. The zero-order valence-corrected chi connectivity index (χ0v) is 21.9. The molecule has 0 aliphatic carbocycles. The van der Waals surface area contributed by atoms with Crippen LogP contribution >= 0.6 is 0 Å². The van der Waals surface area contributed by atoms with Gasteiger partial charge in [-0.25, -0.2) is 4.79 Å². The highest BCUT2D eigenvalue weighted by Gasteiger charge is 2.51. The topological polar surface area (TPSA) is 68.2 Å². The molecule has 0 radical (unpaired) electrons. The molecule has 1 aromatic carbocycles. The van der Waals surface area contributed by atoms with E-state index in [1.807, 2.05) is 58.9 Å². The number of hydrogen-bond acceptors (Lipinski definition) is 5. The Balaban J connectivity index is 1.68. The Bertz CT molecular complexity index is 829. The average Bonchev–Trinajstić information content (AvgIpc) is 2.92. The van der Waals surface area contributed by atoms with Gasteiger partial charge in [0, 0.05) is 13.0 Å². The Morgan fingerprint density at radius 1 is 1.06 bits per heavy atom. The fourth-order valence-corrected chi connectivity index (χ4v) is 4.52. The molecule has 0 aromatic heterocycles. The van der Waals surface area contributed by atoms with Crippen LogP contribution in [0.25, 0.3) is 0 Å². The van der Waals surface area contributed by atoms with Crippen molar-refractivity contribution in [3.63, 3.8) is 0 Å². The molecule has 2 aliphatic heterocycles. The number of carbonyl (C=O) groups is 1. The lowest BCUT2D eigenvalue weighted by molar-refractivity contribution is -0.0968. The first-order chi connectivity index (χ1) is 15.1. The van der Waals surface area contributed by atoms with E-state index in [9.17, 15) is 9.90 Å². The third-order valence-corrected chi connectivity index (χ3v) is 7.92. The molecule has 1 N–H and O–H groups in total. The fourth-order valence-electron chi connectivity index (χ4n) is 4.52. The van der Waals surface area contributed by atoms with Crippen LogP contribution in [0.3, 0.4) is 0 Å². The molecule has 33 heavy (non-hydrogen) atoms. The molecule has 3 rings (SSSR count). The molecular formula is C26H42BNO5. The second-order valence-electron chi connectivity index (χ2n) is 11.8. The Kier molecular flexibility index (Phi) is 7.02. The van der Waals surface area contributed by atoms with Gasteiger partial charge in [-0.05, 0) is 78.3 Å².